The van der Waals surface area contributed by atoms with Crippen LogP contribution in [0.15, 0.2) is 83.4 Å². The van der Waals surface area contributed by atoms with E-state index < -0.39 is 17.2 Å². The molecule has 0 radical (unpaired) electrons. The van der Waals surface area contributed by atoms with Crippen molar-refractivity contribution in [3.8, 4) is 11.1 Å². The Morgan fingerprint density at radius 3 is 2.35 bits per heavy atom. The minimum Gasteiger partial charge on any atom is -0.374 e. The van der Waals surface area contributed by atoms with Crippen LogP contribution < -0.4 is 0 Å². The SMILES string of the molecule is COC1(C)C=CC(F)[C@](c2ccccc2Br)(c2ccccc2-c2cc(C)ccc2F)C1. The van der Waals surface area contributed by atoms with Crippen molar-refractivity contribution in [1.82, 2.24) is 0 Å². The Balaban J connectivity index is 2.08. The summed E-state index contributed by atoms with van der Waals surface area (Å²) in [5.74, 6) is -0.323. The highest BCUT2D eigenvalue weighted by molar-refractivity contribution is 9.10. The molecule has 4 rings (SSSR count). The van der Waals surface area contributed by atoms with Crippen molar-refractivity contribution in [1.29, 1.82) is 0 Å². The topological polar surface area (TPSA) is 9.23 Å². The first-order chi connectivity index (χ1) is 14.8. The molecule has 0 amide bonds. The number of aryl methyl sites for hydroxylation is 1. The number of benzene rings is 3. The normalized spacial score (nSPS) is 25.5. The molecule has 0 N–H and O–H groups in total. The molecule has 0 aromatic heterocycles. The van der Waals surface area contributed by atoms with Gasteiger partial charge in [0.2, 0.25) is 0 Å². The predicted octanol–water partition coefficient (Wildman–Crippen LogP) is 7.55. The first-order valence-corrected chi connectivity index (χ1v) is 11.1. The average Bonchev–Trinajstić information content (AvgIpc) is 2.78. The molecule has 0 bridgehead atoms. The van der Waals surface area contributed by atoms with Crippen LogP contribution in [0.2, 0.25) is 0 Å². The standard InChI is InChI=1S/C27H25BrF2O/c1-18-12-13-24(29)20(16-18)19-8-4-5-9-21(19)27(22-10-6-7-11-23(22)28)17-26(2,31-3)15-14-25(27)30/h4-16,25H,17H2,1-3H3/t25?,26?,27-/m0/s1. The van der Waals surface area contributed by atoms with Crippen LogP contribution >= 0.6 is 15.9 Å². The van der Waals surface area contributed by atoms with Gasteiger partial charge in [-0.3, -0.25) is 0 Å². The van der Waals surface area contributed by atoms with E-state index in [9.17, 15) is 4.39 Å². The number of halogens is 3. The Labute approximate surface area is 190 Å². The molecule has 0 fully saturated rings. The van der Waals surface area contributed by atoms with Crippen molar-refractivity contribution in [3.63, 3.8) is 0 Å². The Kier molecular flexibility index (Phi) is 5.89. The van der Waals surface area contributed by atoms with Crippen molar-refractivity contribution in [2.75, 3.05) is 7.11 Å². The lowest BCUT2D eigenvalue weighted by molar-refractivity contribution is 0.00733. The zero-order valence-electron chi connectivity index (χ0n) is 17.8. The second-order valence-corrected chi connectivity index (χ2v) is 9.29. The smallest absolute Gasteiger partial charge is 0.132 e. The molecule has 1 nitrogen and oxygen atoms in total. The van der Waals surface area contributed by atoms with Gasteiger partial charge in [-0.2, -0.15) is 0 Å². The van der Waals surface area contributed by atoms with Gasteiger partial charge in [-0.05, 0) is 55.2 Å². The zero-order chi connectivity index (χ0) is 22.2. The van der Waals surface area contributed by atoms with Crippen LogP contribution in [0.25, 0.3) is 11.1 Å². The van der Waals surface area contributed by atoms with E-state index >= 15 is 4.39 Å². The molecule has 0 saturated carbocycles. The van der Waals surface area contributed by atoms with Crippen molar-refractivity contribution in [2.24, 2.45) is 0 Å². The molecule has 0 aliphatic heterocycles. The van der Waals surface area contributed by atoms with E-state index in [0.717, 1.165) is 21.2 Å². The molecule has 160 valence electrons. The maximum Gasteiger partial charge on any atom is 0.132 e. The van der Waals surface area contributed by atoms with Gasteiger partial charge < -0.3 is 4.74 Å². The average molecular weight is 483 g/mol. The fourth-order valence-corrected chi connectivity index (χ4v) is 5.35. The molecule has 1 aliphatic rings. The molecule has 1 aliphatic carbocycles. The van der Waals surface area contributed by atoms with Gasteiger partial charge in [-0.1, -0.05) is 82.2 Å². The van der Waals surface area contributed by atoms with Crippen LogP contribution in [-0.4, -0.2) is 18.9 Å². The Morgan fingerprint density at radius 2 is 1.65 bits per heavy atom. The summed E-state index contributed by atoms with van der Waals surface area (Å²) in [6.45, 7) is 3.88. The largest absolute Gasteiger partial charge is 0.374 e. The van der Waals surface area contributed by atoms with E-state index in [1.54, 1.807) is 25.3 Å². The van der Waals surface area contributed by atoms with Crippen molar-refractivity contribution >= 4 is 15.9 Å². The lowest BCUT2D eigenvalue weighted by Gasteiger charge is -2.46. The number of hydrogen-bond acceptors (Lipinski definition) is 1. The van der Waals surface area contributed by atoms with Crippen LogP contribution in [0.3, 0.4) is 0 Å². The summed E-state index contributed by atoms with van der Waals surface area (Å²) in [4.78, 5) is 0. The zero-order valence-corrected chi connectivity index (χ0v) is 19.4. The van der Waals surface area contributed by atoms with E-state index in [0.29, 0.717) is 17.5 Å². The van der Waals surface area contributed by atoms with E-state index in [1.807, 2.05) is 68.4 Å². The summed E-state index contributed by atoms with van der Waals surface area (Å²) in [7, 11) is 1.64. The molecule has 31 heavy (non-hydrogen) atoms. The fraction of sp³-hybridized carbons (Fsp3) is 0.259. The maximum atomic E-state index is 16.2. The monoisotopic (exact) mass is 482 g/mol. The van der Waals surface area contributed by atoms with Crippen LogP contribution in [-0.2, 0) is 10.2 Å². The summed E-state index contributed by atoms with van der Waals surface area (Å²) in [6.07, 6.45) is 2.43. The van der Waals surface area contributed by atoms with Crippen LogP contribution in [0.1, 0.15) is 30.0 Å². The third-order valence-electron chi connectivity index (χ3n) is 6.36. The van der Waals surface area contributed by atoms with E-state index in [-0.39, 0.29) is 5.82 Å². The predicted molar refractivity (Wildman–Crippen MR) is 126 cm³/mol. The highest BCUT2D eigenvalue weighted by atomic mass is 79.9. The first-order valence-electron chi connectivity index (χ1n) is 10.3. The molecule has 3 atom stereocenters. The van der Waals surface area contributed by atoms with Crippen LogP contribution in [0.5, 0.6) is 0 Å². The summed E-state index contributed by atoms with van der Waals surface area (Å²) >= 11 is 3.65. The van der Waals surface area contributed by atoms with Gasteiger partial charge in [0.05, 0.1) is 11.0 Å². The molecule has 2 unspecified atom stereocenters. The molecule has 0 saturated heterocycles. The van der Waals surface area contributed by atoms with Crippen LogP contribution in [0.4, 0.5) is 8.78 Å². The molecule has 0 spiro atoms. The fourth-order valence-electron chi connectivity index (χ4n) is 4.71. The van der Waals surface area contributed by atoms with Gasteiger partial charge >= 0.3 is 0 Å². The molecule has 0 heterocycles. The van der Waals surface area contributed by atoms with Gasteiger partial charge in [-0.25, -0.2) is 8.78 Å². The third-order valence-corrected chi connectivity index (χ3v) is 7.05. The van der Waals surface area contributed by atoms with Gasteiger partial charge in [-0.15, -0.1) is 0 Å². The highest BCUT2D eigenvalue weighted by Crippen LogP contribution is 2.52. The first kappa shape index (κ1) is 21.9. The van der Waals surface area contributed by atoms with Crippen molar-refractivity contribution < 1.29 is 13.5 Å². The van der Waals surface area contributed by atoms with Gasteiger partial charge in [0, 0.05) is 17.1 Å². The number of ether oxygens (including phenoxy) is 1. The number of rotatable bonds is 4. The summed E-state index contributed by atoms with van der Waals surface area (Å²) in [5.41, 5.74) is 1.94. The minimum atomic E-state index is -1.32. The van der Waals surface area contributed by atoms with E-state index in [1.165, 1.54) is 6.07 Å². The van der Waals surface area contributed by atoms with Gasteiger partial charge in [0.25, 0.3) is 0 Å². The number of hydrogen-bond donors (Lipinski definition) is 0. The Bertz CT molecular complexity index is 1140. The van der Waals surface area contributed by atoms with Crippen molar-refractivity contribution in [3.05, 3.63) is 106 Å². The maximum absolute atomic E-state index is 16.2. The number of methoxy groups -OCH3 is 1. The lowest BCUT2D eigenvalue weighted by Crippen LogP contribution is -2.48. The molecule has 4 heteroatoms. The molecule has 3 aromatic rings. The molecule has 3 aromatic carbocycles. The van der Waals surface area contributed by atoms with Gasteiger partial charge in [0.1, 0.15) is 12.0 Å². The quantitative estimate of drug-likeness (QED) is 0.348. The number of allylic oxidation sites excluding steroid dienone is 1. The Hall–Kier alpha value is -2.30. The third kappa shape index (κ3) is 3.77. The summed E-state index contributed by atoms with van der Waals surface area (Å²) < 4.78 is 37.8. The minimum absolute atomic E-state index is 0.323. The second-order valence-electron chi connectivity index (χ2n) is 8.43. The van der Waals surface area contributed by atoms with E-state index in [2.05, 4.69) is 15.9 Å². The summed E-state index contributed by atoms with van der Waals surface area (Å²) in [5, 5.41) is 0. The second kappa shape index (κ2) is 8.33. The van der Waals surface area contributed by atoms with E-state index in [4.69, 9.17) is 4.74 Å². The number of alkyl halides is 1. The van der Waals surface area contributed by atoms with Gasteiger partial charge in [0.15, 0.2) is 0 Å². The lowest BCUT2D eigenvalue weighted by atomic mass is 9.61. The molecular formula is C27H25BrF2O. The van der Waals surface area contributed by atoms with Crippen molar-refractivity contribution in [2.45, 2.75) is 37.5 Å². The summed E-state index contributed by atoms with van der Waals surface area (Å²) in [6, 6.07) is 20.3. The highest BCUT2D eigenvalue weighted by Gasteiger charge is 2.51. The molecular weight excluding hydrogens is 458 g/mol. The van der Waals surface area contributed by atoms with Crippen LogP contribution in [0, 0.1) is 12.7 Å². The Morgan fingerprint density at radius 1 is 0.968 bits per heavy atom.